The first-order chi connectivity index (χ1) is 16.8. The minimum absolute atomic E-state index is 0.577. The van der Waals surface area contributed by atoms with Gasteiger partial charge in [0.05, 0.1) is 0 Å². The van der Waals surface area contributed by atoms with E-state index in [9.17, 15) is 0 Å². The second-order valence-electron chi connectivity index (χ2n) is 9.77. The van der Waals surface area contributed by atoms with Crippen molar-refractivity contribution in [1.82, 2.24) is 0 Å². The summed E-state index contributed by atoms with van der Waals surface area (Å²) in [6.45, 7) is 2.17. The van der Waals surface area contributed by atoms with E-state index in [4.69, 9.17) is 0 Å². The van der Waals surface area contributed by atoms with Crippen molar-refractivity contribution in [2.75, 3.05) is 4.90 Å². The Morgan fingerprint density at radius 2 is 1.38 bits per heavy atom. The van der Waals surface area contributed by atoms with Gasteiger partial charge in [0.2, 0.25) is 0 Å². The van der Waals surface area contributed by atoms with Gasteiger partial charge in [-0.25, -0.2) is 0 Å². The maximum absolute atomic E-state index is 2.63. The van der Waals surface area contributed by atoms with Gasteiger partial charge in [-0.2, -0.15) is 0 Å². The summed E-state index contributed by atoms with van der Waals surface area (Å²) >= 11 is 0. The number of rotatable bonds is 4. The van der Waals surface area contributed by atoms with Gasteiger partial charge in [-0.1, -0.05) is 97.3 Å². The van der Waals surface area contributed by atoms with Crippen molar-refractivity contribution in [3.05, 3.63) is 131 Å². The van der Waals surface area contributed by atoms with Gasteiger partial charge in [-0.05, 0) is 77.9 Å². The summed E-state index contributed by atoms with van der Waals surface area (Å²) in [5, 5.41) is 0. The van der Waals surface area contributed by atoms with Crippen molar-refractivity contribution in [2.45, 2.75) is 44.6 Å². The average molecular weight is 442 g/mol. The van der Waals surface area contributed by atoms with Gasteiger partial charge in [0.25, 0.3) is 0 Å². The van der Waals surface area contributed by atoms with E-state index in [1.165, 1.54) is 70.4 Å². The third-order valence-electron chi connectivity index (χ3n) is 7.56. The number of nitrogens with zero attached hydrogens (tertiary/aromatic N) is 1. The Balaban J connectivity index is 1.45. The fourth-order valence-electron chi connectivity index (χ4n) is 5.91. The zero-order chi connectivity index (χ0) is 22.9. The molecule has 4 aromatic carbocycles. The Hall–Kier alpha value is -3.58. The lowest BCUT2D eigenvalue weighted by atomic mass is 9.82. The van der Waals surface area contributed by atoms with Crippen LogP contribution < -0.4 is 4.90 Å². The summed E-state index contributed by atoms with van der Waals surface area (Å²) in [5.41, 5.74) is 10.7. The van der Waals surface area contributed by atoms with E-state index in [-0.39, 0.29) is 0 Å². The van der Waals surface area contributed by atoms with E-state index in [1.54, 1.807) is 0 Å². The average Bonchev–Trinajstić information content (AvgIpc) is 3.22. The molecule has 0 aromatic heterocycles. The molecule has 0 radical (unpaired) electrons. The van der Waals surface area contributed by atoms with Crippen molar-refractivity contribution >= 4 is 23.0 Å². The first-order valence-corrected chi connectivity index (χ1v) is 12.6. The highest BCUT2D eigenvalue weighted by molar-refractivity contribution is 5.92. The van der Waals surface area contributed by atoms with Gasteiger partial charge in [-0.15, -0.1) is 0 Å². The molecule has 1 saturated carbocycles. The van der Waals surface area contributed by atoms with E-state index in [0.717, 1.165) is 0 Å². The largest absolute Gasteiger partial charge is 0.338 e. The van der Waals surface area contributed by atoms with Crippen LogP contribution in [0.5, 0.6) is 0 Å². The highest BCUT2D eigenvalue weighted by Gasteiger charge is 2.40. The Labute approximate surface area is 203 Å². The van der Waals surface area contributed by atoms with Crippen molar-refractivity contribution in [3.8, 4) is 0 Å². The molecule has 0 spiro atoms. The smallest absolute Gasteiger partial charge is 0.0450 e. The lowest BCUT2D eigenvalue weighted by molar-refractivity contribution is 0.402. The zero-order valence-corrected chi connectivity index (χ0v) is 19.8. The van der Waals surface area contributed by atoms with Gasteiger partial charge in [0.1, 0.15) is 0 Å². The molecule has 168 valence electrons. The van der Waals surface area contributed by atoms with Gasteiger partial charge < -0.3 is 4.90 Å². The molecule has 0 unspecified atom stereocenters. The van der Waals surface area contributed by atoms with Crippen LogP contribution in [0, 0.1) is 6.92 Å². The molecule has 34 heavy (non-hydrogen) atoms. The molecule has 0 bridgehead atoms. The maximum Gasteiger partial charge on any atom is 0.0450 e. The third kappa shape index (κ3) is 3.86. The normalized spacial score (nSPS) is 18.8. The van der Waals surface area contributed by atoms with Crippen molar-refractivity contribution < 1.29 is 0 Å². The molecule has 1 heterocycles. The predicted octanol–water partition coefficient (Wildman–Crippen LogP) is 8.76. The number of hydrogen-bond donors (Lipinski definition) is 0. The van der Waals surface area contributed by atoms with E-state index in [0.29, 0.717) is 12.0 Å². The summed E-state index contributed by atoms with van der Waals surface area (Å²) in [7, 11) is 0. The van der Waals surface area contributed by atoms with Crippen LogP contribution in [0.15, 0.2) is 103 Å². The first-order valence-electron chi connectivity index (χ1n) is 12.6. The van der Waals surface area contributed by atoms with Crippen molar-refractivity contribution in [3.63, 3.8) is 0 Å². The quantitative estimate of drug-likeness (QED) is 0.286. The molecule has 1 heteroatoms. The molecular weight excluding hydrogens is 410 g/mol. The Morgan fingerprint density at radius 3 is 2.06 bits per heavy atom. The zero-order valence-electron chi connectivity index (χ0n) is 19.8. The molecule has 4 aromatic rings. The Bertz CT molecular complexity index is 1260. The monoisotopic (exact) mass is 441 g/mol. The van der Waals surface area contributed by atoms with Gasteiger partial charge in [0.15, 0.2) is 0 Å². The number of benzene rings is 4. The lowest BCUT2D eigenvalue weighted by Gasteiger charge is -2.33. The van der Waals surface area contributed by atoms with Crippen LogP contribution >= 0.6 is 0 Å². The van der Waals surface area contributed by atoms with E-state index in [2.05, 4.69) is 121 Å². The van der Waals surface area contributed by atoms with Crippen LogP contribution in [0.1, 0.15) is 59.4 Å². The highest BCUT2D eigenvalue weighted by atomic mass is 15.2. The summed E-state index contributed by atoms with van der Waals surface area (Å²) < 4.78 is 0. The van der Waals surface area contributed by atoms with Gasteiger partial charge >= 0.3 is 0 Å². The van der Waals surface area contributed by atoms with E-state index < -0.39 is 0 Å². The minimum atomic E-state index is 0.577. The number of aryl methyl sites for hydroxylation is 1. The van der Waals surface area contributed by atoms with Crippen LogP contribution in [0.2, 0.25) is 0 Å². The molecule has 2 atom stereocenters. The molecular formula is C33H31N. The maximum atomic E-state index is 2.63. The summed E-state index contributed by atoms with van der Waals surface area (Å²) in [6.07, 6.45) is 7.60. The van der Waals surface area contributed by atoms with Crippen LogP contribution in [0.4, 0.5) is 11.4 Å². The molecule has 0 N–H and O–H groups in total. The molecule has 1 nitrogen and oxygen atoms in total. The van der Waals surface area contributed by atoms with Crippen LogP contribution in [0.3, 0.4) is 0 Å². The summed E-state index contributed by atoms with van der Waals surface area (Å²) in [6, 6.07) is 38.3. The molecule has 6 rings (SSSR count). The second kappa shape index (κ2) is 8.99. The molecule has 1 aliphatic heterocycles. The van der Waals surface area contributed by atoms with Crippen LogP contribution in [0.25, 0.3) is 11.6 Å². The molecule has 0 amide bonds. The minimum Gasteiger partial charge on any atom is -0.338 e. The highest BCUT2D eigenvalue weighted by Crippen LogP contribution is 2.51. The number of anilines is 2. The van der Waals surface area contributed by atoms with E-state index in [1.807, 2.05) is 0 Å². The molecule has 0 saturated heterocycles. The number of fused-ring (bicyclic) bond motifs is 3. The SMILES string of the molecule is Cc1ccc(N2c3ccc(C=C(c4ccccc4)c4ccccc4)cc3[C@H]3CCCC[C@H]32)cc1. The molecule has 1 fully saturated rings. The second-order valence-corrected chi connectivity index (χ2v) is 9.77. The third-order valence-corrected chi connectivity index (χ3v) is 7.56. The molecule has 1 aliphatic carbocycles. The predicted molar refractivity (Wildman–Crippen MR) is 145 cm³/mol. The standard InChI is InChI=1S/C33H31N/c1-24-16-19-28(20-17-24)34-32-15-9-8-14-29(32)31-23-25(18-21-33(31)34)22-30(26-10-4-2-5-11-26)27-12-6-3-7-13-27/h2-7,10-13,16-23,29,32H,8-9,14-15H2,1H3/t29-,32-/m1/s1. The topological polar surface area (TPSA) is 3.24 Å². The summed E-state index contributed by atoms with van der Waals surface area (Å²) in [4.78, 5) is 2.63. The van der Waals surface area contributed by atoms with Gasteiger partial charge in [0, 0.05) is 23.3 Å². The first kappa shape index (κ1) is 21.0. The van der Waals surface area contributed by atoms with Gasteiger partial charge in [-0.3, -0.25) is 0 Å². The number of hydrogen-bond acceptors (Lipinski definition) is 1. The van der Waals surface area contributed by atoms with Crippen molar-refractivity contribution in [1.29, 1.82) is 0 Å². The van der Waals surface area contributed by atoms with Crippen LogP contribution in [-0.4, -0.2) is 6.04 Å². The Morgan fingerprint density at radius 1 is 0.735 bits per heavy atom. The van der Waals surface area contributed by atoms with Crippen molar-refractivity contribution in [2.24, 2.45) is 0 Å². The fourth-order valence-corrected chi connectivity index (χ4v) is 5.91. The lowest BCUT2D eigenvalue weighted by Crippen LogP contribution is -2.32. The molecule has 2 aliphatic rings. The summed E-state index contributed by atoms with van der Waals surface area (Å²) in [5.74, 6) is 0.621. The Kier molecular flexibility index (Phi) is 5.55. The van der Waals surface area contributed by atoms with Crippen LogP contribution in [-0.2, 0) is 0 Å². The van der Waals surface area contributed by atoms with E-state index >= 15 is 0 Å². The fraction of sp³-hybridized carbons (Fsp3) is 0.212.